The van der Waals surface area contributed by atoms with Crippen LogP contribution in [0.2, 0.25) is 0 Å². The van der Waals surface area contributed by atoms with Gasteiger partial charge in [-0.25, -0.2) is 4.98 Å². The molecule has 4 N–H and O–H groups in total. The number of methoxy groups -OCH3 is 2. The highest BCUT2D eigenvalue weighted by molar-refractivity contribution is 8.93. The van der Waals surface area contributed by atoms with E-state index in [2.05, 4.69) is 9.97 Å². The van der Waals surface area contributed by atoms with Gasteiger partial charge >= 0.3 is 0 Å². The van der Waals surface area contributed by atoms with Crippen LogP contribution >= 0.6 is 34.0 Å². The number of piperazine rings is 1. The SMILES string of the molecule is Br.Br.COc1cc2nc(N3CCN(C(=O)CCCN)CC3)nc(N)c2cc1OC. The summed E-state index contributed by atoms with van der Waals surface area (Å²) < 4.78 is 10.7. The molecule has 162 valence electrons. The molecule has 1 saturated heterocycles. The minimum Gasteiger partial charge on any atom is -0.493 e. The van der Waals surface area contributed by atoms with E-state index in [0.29, 0.717) is 79.7 Å². The summed E-state index contributed by atoms with van der Waals surface area (Å²) in [6.07, 6.45) is 1.21. The Balaban J connectivity index is 0.00000210. The number of rotatable bonds is 6. The molecule has 2 heterocycles. The van der Waals surface area contributed by atoms with Gasteiger partial charge in [0.15, 0.2) is 11.5 Å². The first-order valence-corrected chi connectivity index (χ1v) is 8.99. The van der Waals surface area contributed by atoms with Crippen LogP contribution in [0.15, 0.2) is 12.1 Å². The minimum absolute atomic E-state index is 0. The number of carbonyl (C=O) groups excluding carboxylic acids is 1. The number of nitrogen functional groups attached to an aromatic ring is 1. The number of benzene rings is 1. The highest BCUT2D eigenvalue weighted by Gasteiger charge is 2.23. The predicted molar refractivity (Wildman–Crippen MR) is 125 cm³/mol. The maximum atomic E-state index is 12.1. The maximum absolute atomic E-state index is 12.1. The van der Waals surface area contributed by atoms with Crippen LogP contribution in [0.5, 0.6) is 11.5 Å². The van der Waals surface area contributed by atoms with Crippen molar-refractivity contribution in [1.82, 2.24) is 14.9 Å². The summed E-state index contributed by atoms with van der Waals surface area (Å²) in [4.78, 5) is 25.1. The molecular formula is C18H28Br2N6O3. The van der Waals surface area contributed by atoms with Crippen molar-refractivity contribution in [3.8, 4) is 11.5 Å². The van der Waals surface area contributed by atoms with Crippen molar-refractivity contribution >= 4 is 62.5 Å². The largest absolute Gasteiger partial charge is 0.493 e. The lowest BCUT2D eigenvalue weighted by Crippen LogP contribution is -2.49. The van der Waals surface area contributed by atoms with Crippen LogP contribution in [0.1, 0.15) is 12.8 Å². The van der Waals surface area contributed by atoms with Crippen molar-refractivity contribution in [3.05, 3.63) is 12.1 Å². The van der Waals surface area contributed by atoms with Crippen LogP contribution in [0.25, 0.3) is 10.9 Å². The molecule has 2 aromatic rings. The van der Waals surface area contributed by atoms with Crippen molar-refractivity contribution in [2.45, 2.75) is 12.8 Å². The van der Waals surface area contributed by atoms with Gasteiger partial charge in [-0.3, -0.25) is 4.79 Å². The van der Waals surface area contributed by atoms with E-state index < -0.39 is 0 Å². The van der Waals surface area contributed by atoms with E-state index in [1.807, 2.05) is 9.80 Å². The number of halogens is 2. The molecule has 11 heteroatoms. The summed E-state index contributed by atoms with van der Waals surface area (Å²) in [5.74, 6) is 2.26. The van der Waals surface area contributed by atoms with Gasteiger partial charge in [-0.05, 0) is 19.0 Å². The van der Waals surface area contributed by atoms with Crippen LogP contribution < -0.4 is 25.8 Å². The molecule has 1 fully saturated rings. The lowest BCUT2D eigenvalue weighted by Gasteiger charge is -2.35. The Labute approximate surface area is 191 Å². The molecule has 1 amide bonds. The van der Waals surface area contributed by atoms with E-state index >= 15 is 0 Å². The van der Waals surface area contributed by atoms with Crippen LogP contribution in [0.3, 0.4) is 0 Å². The molecule has 3 rings (SSSR count). The third kappa shape index (κ3) is 5.61. The second-order valence-corrected chi connectivity index (χ2v) is 6.39. The first-order valence-electron chi connectivity index (χ1n) is 8.99. The molecule has 1 aliphatic rings. The number of ether oxygens (including phenoxy) is 2. The van der Waals surface area contributed by atoms with Crippen molar-refractivity contribution in [3.63, 3.8) is 0 Å². The third-order valence-electron chi connectivity index (χ3n) is 4.73. The van der Waals surface area contributed by atoms with E-state index in [4.69, 9.17) is 20.9 Å². The molecule has 0 atom stereocenters. The Morgan fingerprint density at radius 3 is 2.28 bits per heavy atom. The lowest BCUT2D eigenvalue weighted by atomic mass is 10.2. The molecule has 1 aromatic heterocycles. The monoisotopic (exact) mass is 534 g/mol. The topological polar surface area (TPSA) is 120 Å². The lowest BCUT2D eigenvalue weighted by molar-refractivity contribution is -0.131. The van der Waals surface area contributed by atoms with Crippen molar-refractivity contribution in [1.29, 1.82) is 0 Å². The molecule has 0 unspecified atom stereocenters. The van der Waals surface area contributed by atoms with E-state index in [0.717, 1.165) is 0 Å². The van der Waals surface area contributed by atoms with Crippen LogP contribution in [-0.4, -0.2) is 67.7 Å². The summed E-state index contributed by atoms with van der Waals surface area (Å²) in [7, 11) is 3.15. The fraction of sp³-hybridized carbons (Fsp3) is 0.500. The van der Waals surface area contributed by atoms with E-state index in [9.17, 15) is 4.79 Å². The summed E-state index contributed by atoms with van der Waals surface area (Å²) >= 11 is 0. The van der Waals surface area contributed by atoms with Gasteiger partial charge in [-0.1, -0.05) is 0 Å². The Morgan fingerprint density at radius 1 is 1.07 bits per heavy atom. The Kier molecular flexibility index (Phi) is 9.87. The van der Waals surface area contributed by atoms with Crippen molar-refractivity contribution < 1.29 is 14.3 Å². The van der Waals surface area contributed by atoms with Gasteiger partial charge in [-0.2, -0.15) is 4.98 Å². The molecule has 0 saturated carbocycles. The first kappa shape index (κ1) is 25.2. The summed E-state index contributed by atoms with van der Waals surface area (Å²) in [5.41, 5.74) is 12.3. The maximum Gasteiger partial charge on any atom is 0.228 e. The third-order valence-corrected chi connectivity index (χ3v) is 4.73. The average Bonchev–Trinajstić information content (AvgIpc) is 2.71. The van der Waals surface area contributed by atoms with Gasteiger partial charge < -0.3 is 30.7 Å². The summed E-state index contributed by atoms with van der Waals surface area (Å²) in [5, 5.41) is 0.715. The zero-order chi connectivity index (χ0) is 19.4. The second-order valence-electron chi connectivity index (χ2n) is 6.39. The van der Waals surface area contributed by atoms with Crippen molar-refractivity contribution in [2.24, 2.45) is 5.73 Å². The summed E-state index contributed by atoms with van der Waals surface area (Å²) in [6, 6.07) is 3.57. The number of anilines is 2. The first-order chi connectivity index (χ1) is 13.1. The average molecular weight is 536 g/mol. The Hall–Kier alpha value is -1.85. The molecule has 1 aromatic carbocycles. The predicted octanol–water partition coefficient (Wildman–Crippen LogP) is 1.77. The van der Waals surface area contributed by atoms with Crippen LogP contribution in [0.4, 0.5) is 11.8 Å². The zero-order valence-electron chi connectivity index (χ0n) is 16.6. The molecule has 0 radical (unpaired) electrons. The van der Waals surface area contributed by atoms with Crippen molar-refractivity contribution in [2.75, 3.05) is 57.6 Å². The number of aromatic nitrogens is 2. The van der Waals surface area contributed by atoms with E-state index in [1.165, 1.54) is 0 Å². The summed E-state index contributed by atoms with van der Waals surface area (Å²) in [6.45, 7) is 3.12. The van der Waals surface area contributed by atoms with Gasteiger partial charge in [0.1, 0.15) is 5.82 Å². The van der Waals surface area contributed by atoms with Gasteiger partial charge in [-0.15, -0.1) is 34.0 Å². The number of hydrogen-bond acceptors (Lipinski definition) is 8. The van der Waals surface area contributed by atoms with Gasteiger partial charge in [0.05, 0.1) is 19.7 Å². The Bertz CT molecular complexity index is 831. The highest BCUT2D eigenvalue weighted by Crippen LogP contribution is 2.34. The number of amides is 1. The van der Waals surface area contributed by atoms with Crippen LogP contribution in [0, 0.1) is 0 Å². The Morgan fingerprint density at radius 2 is 1.69 bits per heavy atom. The molecule has 0 spiro atoms. The molecule has 29 heavy (non-hydrogen) atoms. The van der Waals surface area contributed by atoms with Gasteiger partial charge in [0.25, 0.3) is 0 Å². The van der Waals surface area contributed by atoms with Gasteiger partial charge in [0, 0.05) is 44.1 Å². The van der Waals surface area contributed by atoms with E-state index in [1.54, 1.807) is 26.4 Å². The number of nitrogens with zero attached hydrogens (tertiary/aromatic N) is 4. The number of fused-ring (bicyclic) bond motifs is 1. The number of nitrogens with two attached hydrogens (primary N) is 2. The second kappa shape index (κ2) is 11.4. The number of carbonyl (C=O) groups is 1. The smallest absolute Gasteiger partial charge is 0.228 e. The highest BCUT2D eigenvalue weighted by atomic mass is 79.9. The molecular weight excluding hydrogens is 508 g/mol. The quantitative estimate of drug-likeness (QED) is 0.574. The fourth-order valence-corrected chi connectivity index (χ4v) is 3.18. The molecule has 1 aliphatic heterocycles. The molecule has 0 aliphatic carbocycles. The normalized spacial score (nSPS) is 13.5. The van der Waals surface area contributed by atoms with Crippen LogP contribution in [-0.2, 0) is 4.79 Å². The standard InChI is InChI=1S/C18H26N6O3.2BrH/c1-26-14-10-12-13(11-15(14)27-2)21-18(22-17(12)20)24-8-6-23(7-9-24)16(25)4-3-5-19;;/h10-11H,3-9,19H2,1-2H3,(H2,20,21,22);2*1H. The number of hydrogen-bond donors (Lipinski definition) is 2. The fourth-order valence-electron chi connectivity index (χ4n) is 3.18. The minimum atomic E-state index is 0. The molecule has 0 bridgehead atoms. The molecule has 9 nitrogen and oxygen atoms in total. The van der Waals surface area contributed by atoms with E-state index in [-0.39, 0.29) is 39.9 Å². The van der Waals surface area contributed by atoms with Gasteiger partial charge in [0.2, 0.25) is 11.9 Å². The zero-order valence-corrected chi connectivity index (χ0v) is 20.0.